The number of piperazine rings is 1. The van der Waals surface area contributed by atoms with Crippen molar-refractivity contribution in [2.45, 2.75) is 81.6 Å². The average Bonchev–Trinajstić information content (AvgIpc) is 3.80. The van der Waals surface area contributed by atoms with E-state index in [1.54, 1.807) is 12.1 Å². The van der Waals surface area contributed by atoms with Crippen molar-refractivity contribution in [2.75, 3.05) is 43.4 Å². The number of phenolic OH excluding ortho intramolecular Hbond substituents is 1. The number of nitrogen functional groups attached to an aromatic ring is 1. The minimum absolute atomic E-state index is 0.0302. The number of alkyl halides is 7. The third-order valence-corrected chi connectivity index (χ3v) is 10.9. The number of nitrogens with two attached hydrogens (primary N) is 1. The first-order chi connectivity index (χ1) is 27.6. The lowest BCUT2D eigenvalue weighted by Crippen LogP contribution is -2.51. The molecule has 4 aliphatic heterocycles. The third kappa shape index (κ3) is 8.99. The standard InChI is InChI=1S/C34H37F3N6O2.2C2HF3O2/c1-2-23-26(36)7-4-18-10-22(44)11-24(28(18)23)29-27(38)12-25-31(30(29)37)40-33(41-32(25)42-15-20-5-6-21(16-42)39-20)45-17-34-8-3-9-43(34)14-19(35)13-34;2*3-2(4,5)1(6)7/h4,7,10-12,19-21,39,44H,2-3,5-6,8-9,13-17,38H2,1H3;2*(H,6,7)/t19-,20-,21+,34+;;/m1../s1. The number of nitrogens with one attached hydrogen (secondary N) is 1. The van der Waals surface area contributed by atoms with Crippen LogP contribution in [0.2, 0.25) is 0 Å². The van der Waals surface area contributed by atoms with Crippen molar-refractivity contribution >= 4 is 45.1 Å². The first-order valence-electron chi connectivity index (χ1n) is 18.5. The highest BCUT2D eigenvalue weighted by Gasteiger charge is 2.49. The Morgan fingerprint density at radius 1 is 0.983 bits per heavy atom. The van der Waals surface area contributed by atoms with Crippen LogP contribution in [0.15, 0.2) is 30.3 Å². The van der Waals surface area contributed by atoms with E-state index in [1.165, 1.54) is 18.2 Å². The molecule has 320 valence electrons. The largest absolute Gasteiger partial charge is 0.508 e. The first kappa shape index (κ1) is 43.3. The van der Waals surface area contributed by atoms with Crippen LogP contribution in [0, 0.1) is 11.6 Å². The molecule has 0 saturated carbocycles. The van der Waals surface area contributed by atoms with E-state index in [2.05, 4.69) is 20.1 Å². The molecule has 0 spiro atoms. The summed E-state index contributed by atoms with van der Waals surface area (Å²) < 4.78 is 116. The molecule has 21 heteroatoms. The zero-order valence-electron chi connectivity index (χ0n) is 31.2. The molecule has 2 bridgehead atoms. The molecule has 59 heavy (non-hydrogen) atoms. The Labute approximate surface area is 329 Å². The van der Waals surface area contributed by atoms with E-state index >= 15 is 8.78 Å². The molecular formula is C38H39F9N6O6. The predicted molar refractivity (Wildman–Crippen MR) is 196 cm³/mol. The van der Waals surface area contributed by atoms with Gasteiger partial charge in [0.1, 0.15) is 35.7 Å². The normalized spacial score (nSPS) is 22.7. The van der Waals surface area contributed by atoms with E-state index in [9.17, 15) is 35.8 Å². The van der Waals surface area contributed by atoms with E-state index in [1.807, 2.05) is 6.92 Å². The first-order valence-corrected chi connectivity index (χ1v) is 18.5. The third-order valence-electron chi connectivity index (χ3n) is 10.9. The quantitative estimate of drug-likeness (QED) is 0.102. The van der Waals surface area contributed by atoms with Crippen LogP contribution >= 0.6 is 0 Å². The van der Waals surface area contributed by atoms with Gasteiger partial charge in [0.05, 0.1) is 5.54 Å². The molecule has 4 aromatic rings. The van der Waals surface area contributed by atoms with Gasteiger partial charge in [-0.25, -0.2) is 22.8 Å². The summed E-state index contributed by atoms with van der Waals surface area (Å²) in [6.07, 6.45) is -6.41. The highest BCUT2D eigenvalue weighted by atomic mass is 19.4. The summed E-state index contributed by atoms with van der Waals surface area (Å²) in [5.41, 5.74) is 7.12. The Balaban J connectivity index is 0.000000361. The summed E-state index contributed by atoms with van der Waals surface area (Å²) in [4.78, 5) is 31.5. The highest BCUT2D eigenvalue weighted by molar-refractivity contribution is 6.06. The molecule has 0 aliphatic carbocycles. The van der Waals surface area contributed by atoms with Gasteiger partial charge < -0.3 is 36.0 Å². The van der Waals surface area contributed by atoms with Gasteiger partial charge in [-0.15, -0.1) is 0 Å². The molecule has 4 aliphatic rings. The summed E-state index contributed by atoms with van der Waals surface area (Å²) in [5, 5.41) is 30.0. The van der Waals surface area contributed by atoms with Gasteiger partial charge in [0, 0.05) is 54.8 Å². The Kier molecular flexibility index (Phi) is 12.0. The number of aromatic nitrogens is 2. The van der Waals surface area contributed by atoms with Crippen LogP contribution in [-0.4, -0.2) is 111 Å². The second-order valence-corrected chi connectivity index (χ2v) is 14.9. The molecule has 0 unspecified atom stereocenters. The number of benzene rings is 3. The van der Waals surface area contributed by atoms with Crippen molar-refractivity contribution in [1.29, 1.82) is 0 Å². The van der Waals surface area contributed by atoms with Crippen LogP contribution in [0.3, 0.4) is 0 Å². The van der Waals surface area contributed by atoms with Crippen LogP contribution in [0.25, 0.3) is 32.8 Å². The Morgan fingerprint density at radius 2 is 1.61 bits per heavy atom. The number of aliphatic carboxylic acids is 2. The Morgan fingerprint density at radius 3 is 2.20 bits per heavy atom. The minimum Gasteiger partial charge on any atom is -0.508 e. The van der Waals surface area contributed by atoms with Crippen molar-refractivity contribution in [3.05, 3.63) is 47.5 Å². The second kappa shape index (κ2) is 16.4. The van der Waals surface area contributed by atoms with Crippen molar-refractivity contribution in [1.82, 2.24) is 20.2 Å². The lowest BCUT2D eigenvalue weighted by molar-refractivity contribution is -0.193. The number of carboxylic acids is 2. The van der Waals surface area contributed by atoms with E-state index in [4.69, 9.17) is 35.3 Å². The number of ether oxygens (including phenoxy) is 1. The second-order valence-electron chi connectivity index (χ2n) is 14.9. The van der Waals surface area contributed by atoms with Gasteiger partial charge in [-0.2, -0.15) is 36.3 Å². The number of phenols is 1. The summed E-state index contributed by atoms with van der Waals surface area (Å²) in [6, 6.07) is 8.20. The minimum atomic E-state index is -5.08. The summed E-state index contributed by atoms with van der Waals surface area (Å²) in [7, 11) is 0. The number of halogens is 9. The van der Waals surface area contributed by atoms with Crippen molar-refractivity contribution in [3.63, 3.8) is 0 Å². The van der Waals surface area contributed by atoms with Crippen molar-refractivity contribution in [2.24, 2.45) is 0 Å². The average molecular weight is 847 g/mol. The summed E-state index contributed by atoms with van der Waals surface area (Å²) in [5.74, 6) is -6.16. The van der Waals surface area contributed by atoms with E-state index < -0.39 is 47.6 Å². The summed E-state index contributed by atoms with van der Waals surface area (Å²) in [6.45, 7) is 4.66. The fourth-order valence-electron chi connectivity index (χ4n) is 8.45. The van der Waals surface area contributed by atoms with Crippen LogP contribution in [0.5, 0.6) is 11.8 Å². The number of carboxylic acid groups (broad SMARTS) is 2. The molecule has 5 heterocycles. The number of nitrogens with zero attached hydrogens (tertiary/aromatic N) is 4. The maximum Gasteiger partial charge on any atom is 0.490 e. The molecule has 8 rings (SSSR count). The topological polar surface area (TPSA) is 174 Å². The van der Waals surface area contributed by atoms with Gasteiger partial charge in [-0.1, -0.05) is 13.0 Å². The zero-order chi connectivity index (χ0) is 43.2. The number of hydrogen-bond acceptors (Lipinski definition) is 10. The Bertz CT molecular complexity index is 2220. The lowest BCUT2D eigenvalue weighted by Gasteiger charge is -2.35. The van der Waals surface area contributed by atoms with E-state index in [0.717, 1.165) is 32.2 Å². The summed E-state index contributed by atoms with van der Waals surface area (Å²) >= 11 is 0. The van der Waals surface area contributed by atoms with E-state index in [-0.39, 0.29) is 35.1 Å². The highest BCUT2D eigenvalue weighted by Crippen LogP contribution is 2.44. The number of aryl methyl sites for hydroxylation is 1. The molecule has 12 nitrogen and oxygen atoms in total. The fourth-order valence-corrected chi connectivity index (χ4v) is 8.45. The lowest BCUT2D eigenvalue weighted by atomic mass is 9.91. The van der Waals surface area contributed by atoms with Gasteiger partial charge in [0.25, 0.3) is 0 Å². The predicted octanol–water partition coefficient (Wildman–Crippen LogP) is 6.74. The molecule has 0 radical (unpaired) electrons. The van der Waals surface area contributed by atoms with Gasteiger partial charge in [0.2, 0.25) is 0 Å². The van der Waals surface area contributed by atoms with E-state index in [0.29, 0.717) is 77.7 Å². The molecule has 3 aromatic carbocycles. The smallest absolute Gasteiger partial charge is 0.490 e. The molecule has 6 N–H and O–H groups in total. The molecule has 1 aromatic heterocycles. The van der Waals surface area contributed by atoms with Crippen molar-refractivity contribution < 1.29 is 69.2 Å². The number of rotatable bonds is 6. The Hall–Kier alpha value is -5.31. The van der Waals surface area contributed by atoms with Crippen LogP contribution < -0.4 is 20.7 Å². The maximum atomic E-state index is 17.0. The number of aromatic hydroxyl groups is 1. The van der Waals surface area contributed by atoms with Gasteiger partial charge in [0.15, 0.2) is 5.82 Å². The number of hydrogen-bond donors (Lipinski definition) is 5. The molecule has 4 fully saturated rings. The van der Waals surface area contributed by atoms with Crippen LogP contribution in [0.4, 0.5) is 51.0 Å². The maximum absolute atomic E-state index is 17.0. The molecule has 0 amide bonds. The monoisotopic (exact) mass is 846 g/mol. The van der Waals surface area contributed by atoms with Gasteiger partial charge in [-0.05, 0) is 84.8 Å². The van der Waals surface area contributed by atoms with Gasteiger partial charge >= 0.3 is 30.3 Å². The number of anilines is 2. The number of carbonyl (C=O) groups is 2. The zero-order valence-corrected chi connectivity index (χ0v) is 31.2. The molecule has 4 atom stereocenters. The number of fused-ring (bicyclic) bond motifs is 5. The molecule has 4 saturated heterocycles. The van der Waals surface area contributed by atoms with Crippen LogP contribution in [0.1, 0.15) is 44.6 Å². The molecular weight excluding hydrogens is 807 g/mol. The fraction of sp³-hybridized carbons (Fsp3) is 0.474. The SMILES string of the molecule is CCc1c(F)ccc2cc(O)cc(-c3c(N)cc4c(N5C[C@H]6CC[C@@H](C5)N6)nc(OC[C@@]56CCCN5C[C@H](F)C6)nc4c3F)c12.O=C(O)C(F)(F)F.O=C(O)C(F)(F)F. The van der Waals surface area contributed by atoms with Crippen molar-refractivity contribution in [3.8, 4) is 22.9 Å². The van der Waals surface area contributed by atoms with Crippen LogP contribution in [-0.2, 0) is 16.0 Å². The van der Waals surface area contributed by atoms with Gasteiger partial charge in [-0.3, -0.25) is 4.90 Å².